The number of aromatic nitrogens is 1. The zero-order valence-electron chi connectivity index (χ0n) is 18.8. The average molecular weight is 676 g/mol. The van der Waals surface area contributed by atoms with E-state index in [9.17, 15) is 0 Å². The molecule has 4 aromatic rings. The van der Waals surface area contributed by atoms with Crippen LogP contribution < -0.4 is 33.4 Å². The van der Waals surface area contributed by atoms with Gasteiger partial charge in [0.25, 0.3) is 0 Å². The van der Waals surface area contributed by atoms with Gasteiger partial charge in [0.15, 0.2) is 0 Å². The van der Waals surface area contributed by atoms with Crippen LogP contribution in [0.5, 0.6) is 0 Å². The number of benzene rings is 3. The van der Waals surface area contributed by atoms with Crippen molar-refractivity contribution < 1.29 is 28.5 Å². The molecule has 0 unspecified atom stereocenters. The summed E-state index contributed by atoms with van der Waals surface area (Å²) in [7, 11) is 6.24. The molecule has 0 aliphatic carbocycles. The summed E-state index contributed by atoms with van der Waals surface area (Å²) in [5.41, 5.74) is 8.22. The lowest BCUT2D eigenvalue weighted by molar-refractivity contribution is -0.662. The Labute approximate surface area is 230 Å². The van der Waals surface area contributed by atoms with Crippen molar-refractivity contribution in [3.05, 3.63) is 105 Å². The van der Waals surface area contributed by atoms with Crippen molar-refractivity contribution in [1.82, 2.24) is 0 Å². The highest BCUT2D eigenvalue weighted by Gasteiger charge is 2.17. The molecule has 0 aliphatic rings. The third-order valence-electron chi connectivity index (χ3n) is 5.50. The molecule has 0 bridgehead atoms. The van der Waals surface area contributed by atoms with Gasteiger partial charge in [-0.25, -0.2) is 0 Å². The Morgan fingerprint density at radius 1 is 0.697 bits per heavy atom. The van der Waals surface area contributed by atoms with E-state index in [0.29, 0.717) is 0 Å². The molecule has 0 radical (unpaired) electrons. The van der Waals surface area contributed by atoms with Gasteiger partial charge in [0.1, 0.15) is 7.05 Å². The zero-order chi connectivity index (χ0) is 22.7. The first-order valence-electron chi connectivity index (χ1n) is 10.4. The Morgan fingerprint density at radius 3 is 2.03 bits per heavy atom. The van der Waals surface area contributed by atoms with Crippen LogP contribution in [0.1, 0.15) is 11.3 Å². The second-order valence-electron chi connectivity index (χ2n) is 7.95. The molecule has 0 atom stereocenters. The van der Waals surface area contributed by atoms with Crippen molar-refractivity contribution in [2.45, 2.75) is 0 Å². The van der Waals surface area contributed by atoms with E-state index >= 15 is 0 Å². The molecular formula is C28H25Br2IN2. The number of pyridine rings is 1. The van der Waals surface area contributed by atoms with E-state index in [1.54, 1.807) is 0 Å². The van der Waals surface area contributed by atoms with Gasteiger partial charge in [0.05, 0.1) is 0 Å². The molecule has 0 saturated heterocycles. The summed E-state index contributed by atoms with van der Waals surface area (Å²) in [6, 6.07) is 30.0. The van der Waals surface area contributed by atoms with Crippen LogP contribution in [0.4, 0.5) is 5.69 Å². The Balaban J connectivity index is 0.00000306. The van der Waals surface area contributed by atoms with Crippen LogP contribution >= 0.6 is 31.9 Å². The van der Waals surface area contributed by atoms with Crippen molar-refractivity contribution in [3.8, 4) is 22.4 Å². The van der Waals surface area contributed by atoms with Crippen LogP contribution in [-0.2, 0) is 7.05 Å². The van der Waals surface area contributed by atoms with E-state index in [2.05, 4.69) is 160 Å². The molecule has 0 aliphatic heterocycles. The monoisotopic (exact) mass is 674 g/mol. The molecule has 1 heterocycles. The predicted octanol–water partition coefficient (Wildman–Crippen LogP) is 4.61. The van der Waals surface area contributed by atoms with Gasteiger partial charge in [0.2, 0.25) is 11.4 Å². The maximum absolute atomic E-state index is 3.61. The van der Waals surface area contributed by atoms with Crippen molar-refractivity contribution in [3.63, 3.8) is 0 Å². The zero-order valence-corrected chi connectivity index (χ0v) is 24.1. The summed E-state index contributed by atoms with van der Waals surface area (Å²) >= 11 is 7.16. The van der Waals surface area contributed by atoms with Gasteiger partial charge < -0.3 is 28.9 Å². The Hall–Kier alpha value is -1.96. The Bertz CT molecular complexity index is 1260. The number of rotatable bonds is 5. The van der Waals surface area contributed by atoms with Gasteiger partial charge in [-0.15, -0.1) is 0 Å². The van der Waals surface area contributed by atoms with Crippen molar-refractivity contribution in [2.24, 2.45) is 7.05 Å². The van der Waals surface area contributed by atoms with E-state index in [4.69, 9.17) is 0 Å². The molecule has 33 heavy (non-hydrogen) atoms. The molecule has 0 fully saturated rings. The van der Waals surface area contributed by atoms with Crippen molar-refractivity contribution in [1.29, 1.82) is 0 Å². The van der Waals surface area contributed by atoms with E-state index in [0.717, 1.165) is 20.3 Å². The number of hydrogen-bond donors (Lipinski definition) is 0. The molecule has 1 aromatic heterocycles. The second-order valence-corrected chi connectivity index (χ2v) is 9.78. The largest absolute Gasteiger partial charge is 1.00 e. The highest BCUT2D eigenvalue weighted by molar-refractivity contribution is 9.10. The maximum atomic E-state index is 3.61. The lowest BCUT2D eigenvalue weighted by Crippen LogP contribution is -3.00. The molecule has 0 amide bonds. The third-order valence-corrected chi connectivity index (χ3v) is 6.52. The third kappa shape index (κ3) is 6.34. The minimum atomic E-state index is 0. The number of nitrogens with zero attached hydrogens (tertiary/aromatic N) is 2. The van der Waals surface area contributed by atoms with Crippen LogP contribution in [0.25, 0.3) is 34.5 Å². The molecule has 0 N–H and O–H groups in total. The second kappa shape index (κ2) is 11.4. The minimum Gasteiger partial charge on any atom is -1.00 e. The molecule has 0 spiro atoms. The molecule has 4 rings (SSSR count). The van der Waals surface area contributed by atoms with Gasteiger partial charge in [-0.1, -0.05) is 56.1 Å². The fraction of sp³-hybridized carbons (Fsp3) is 0.107. The fourth-order valence-corrected chi connectivity index (χ4v) is 4.30. The normalized spacial score (nSPS) is 10.8. The number of hydrogen-bond acceptors (Lipinski definition) is 1. The van der Waals surface area contributed by atoms with Gasteiger partial charge in [-0.2, -0.15) is 4.57 Å². The highest BCUT2D eigenvalue weighted by Crippen LogP contribution is 2.28. The summed E-state index contributed by atoms with van der Waals surface area (Å²) in [5.74, 6) is 0. The summed E-state index contributed by atoms with van der Waals surface area (Å²) in [4.78, 5) is 2.11. The number of halogens is 3. The average Bonchev–Trinajstić information content (AvgIpc) is 2.79. The maximum Gasteiger partial charge on any atom is 0.213 e. The van der Waals surface area contributed by atoms with Gasteiger partial charge in [-0.05, 0) is 71.3 Å². The lowest BCUT2D eigenvalue weighted by atomic mass is 10.0. The first-order valence-corrected chi connectivity index (χ1v) is 12.0. The first kappa shape index (κ1) is 25.7. The van der Waals surface area contributed by atoms with Gasteiger partial charge >= 0.3 is 0 Å². The Kier molecular flexibility index (Phi) is 8.90. The van der Waals surface area contributed by atoms with Crippen LogP contribution in [0.15, 0.2) is 93.9 Å². The summed E-state index contributed by atoms with van der Waals surface area (Å²) < 4.78 is 4.40. The molecule has 2 nitrogen and oxygen atoms in total. The molecule has 5 heteroatoms. The molecular weight excluding hydrogens is 651 g/mol. The quantitative estimate of drug-likeness (QED) is 0.222. The Morgan fingerprint density at radius 2 is 1.39 bits per heavy atom. The summed E-state index contributed by atoms with van der Waals surface area (Å²) in [5, 5.41) is 0. The topological polar surface area (TPSA) is 7.12 Å². The van der Waals surface area contributed by atoms with Crippen molar-refractivity contribution in [2.75, 3.05) is 19.0 Å². The van der Waals surface area contributed by atoms with Crippen LogP contribution in [0, 0.1) is 0 Å². The smallest absolute Gasteiger partial charge is 0.213 e. The summed E-state index contributed by atoms with van der Waals surface area (Å²) in [6.07, 6.45) is 4.36. The highest BCUT2D eigenvalue weighted by atomic mass is 127. The molecule has 168 valence electrons. The van der Waals surface area contributed by atoms with E-state index in [1.807, 2.05) is 0 Å². The molecule has 0 saturated carbocycles. The molecule has 3 aromatic carbocycles. The minimum absolute atomic E-state index is 0. The van der Waals surface area contributed by atoms with Crippen LogP contribution in [0.2, 0.25) is 0 Å². The fourth-order valence-electron chi connectivity index (χ4n) is 3.64. The standard InChI is InChI=1S/C28H25Br2N2.HI/c1-31(2)26-14-7-20(8-15-26)9-16-27-18-23(22-5-4-6-25(30)17-22)19-28(32(27)3)21-10-12-24(29)13-11-21;/h4-19H,1-3H3;1H/q+1;/p-1. The lowest BCUT2D eigenvalue weighted by Gasteiger charge is -2.11. The van der Waals surface area contributed by atoms with Gasteiger partial charge in [0, 0.05) is 52.5 Å². The van der Waals surface area contributed by atoms with Crippen LogP contribution in [0.3, 0.4) is 0 Å². The summed E-state index contributed by atoms with van der Waals surface area (Å²) in [6.45, 7) is 0. The van der Waals surface area contributed by atoms with E-state index in [1.165, 1.54) is 27.9 Å². The first-order chi connectivity index (χ1) is 15.4. The van der Waals surface area contributed by atoms with E-state index in [-0.39, 0.29) is 24.0 Å². The van der Waals surface area contributed by atoms with Crippen LogP contribution in [-0.4, -0.2) is 14.1 Å². The number of anilines is 1. The SMILES string of the molecule is CN(C)c1ccc(C=Cc2cc(-c3cccc(Br)c3)cc(-c3ccc(Br)cc3)[n+]2C)cc1.[I-]. The predicted molar refractivity (Wildman–Crippen MR) is 144 cm³/mol. The van der Waals surface area contributed by atoms with Gasteiger partial charge in [-0.3, -0.25) is 0 Å². The van der Waals surface area contributed by atoms with Crippen molar-refractivity contribution >= 4 is 49.7 Å². The van der Waals surface area contributed by atoms with E-state index < -0.39 is 0 Å².